The fourth-order valence-electron chi connectivity index (χ4n) is 7.26. The Bertz CT molecular complexity index is 1400. The average Bonchev–Trinajstić information content (AvgIpc) is 3.44. The fraction of sp³-hybridized carbons (Fsp3) is 0.607. The number of rotatable bonds is 5. The van der Waals surface area contributed by atoms with Crippen LogP contribution in [0.4, 0.5) is 17.5 Å². The third kappa shape index (κ3) is 3.91. The Morgan fingerprint density at radius 1 is 1.08 bits per heavy atom. The van der Waals surface area contributed by atoms with E-state index in [2.05, 4.69) is 36.3 Å². The Kier molecular flexibility index (Phi) is 5.87. The molecule has 1 aromatic carbocycles. The SMILES string of the molecule is Cc1cc(S(=O)(=O)C2CC3(CCN(I)CC3)C2)ccc1Nc1ncc2c(n1)N(C1CCCC1)C(=O)C21CC1. The Hall–Kier alpha value is -1.79. The number of anilines is 3. The van der Waals surface area contributed by atoms with Crippen molar-refractivity contribution in [1.82, 2.24) is 13.1 Å². The molecule has 2 aromatic rings. The second-order valence-corrected chi connectivity index (χ2v) is 15.8. The lowest BCUT2D eigenvalue weighted by molar-refractivity contribution is -0.120. The highest BCUT2D eigenvalue weighted by Crippen LogP contribution is 2.58. The van der Waals surface area contributed by atoms with E-state index >= 15 is 0 Å². The maximum Gasteiger partial charge on any atom is 0.239 e. The number of fused-ring (bicyclic) bond motifs is 2. The van der Waals surface area contributed by atoms with Crippen molar-refractivity contribution >= 4 is 56.1 Å². The van der Waals surface area contributed by atoms with Gasteiger partial charge in [0.15, 0.2) is 9.84 Å². The molecule has 1 aromatic heterocycles. The zero-order valence-corrected chi connectivity index (χ0v) is 24.7. The number of carbonyl (C=O) groups excluding carboxylic acids is 1. The molecule has 8 nitrogen and oxygen atoms in total. The third-order valence-corrected chi connectivity index (χ3v) is 13.0. The van der Waals surface area contributed by atoms with Crippen LogP contribution in [0.25, 0.3) is 0 Å². The largest absolute Gasteiger partial charge is 0.324 e. The van der Waals surface area contributed by atoms with Gasteiger partial charge < -0.3 is 5.32 Å². The Balaban J connectivity index is 1.10. The van der Waals surface area contributed by atoms with Crippen molar-refractivity contribution < 1.29 is 13.2 Å². The van der Waals surface area contributed by atoms with Crippen LogP contribution in [0.3, 0.4) is 0 Å². The number of piperidine rings is 1. The van der Waals surface area contributed by atoms with E-state index in [1.807, 2.05) is 24.1 Å². The number of hydrogen-bond donors (Lipinski definition) is 1. The molecule has 0 unspecified atom stereocenters. The van der Waals surface area contributed by atoms with Gasteiger partial charge in [-0.05, 0) is 87.5 Å². The molecule has 10 heteroatoms. The molecule has 38 heavy (non-hydrogen) atoms. The van der Waals surface area contributed by atoms with Crippen LogP contribution >= 0.6 is 22.9 Å². The number of halogens is 1. The monoisotopic (exact) mass is 647 g/mol. The van der Waals surface area contributed by atoms with E-state index < -0.39 is 15.3 Å². The van der Waals surface area contributed by atoms with Crippen LogP contribution < -0.4 is 10.2 Å². The van der Waals surface area contributed by atoms with Crippen molar-refractivity contribution in [2.75, 3.05) is 23.3 Å². The highest BCUT2D eigenvalue weighted by Gasteiger charge is 2.61. The van der Waals surface area contributed by atoms with Gasteiger partial charge in [-0.3, -0.25) is 9.69 Å². The van der Waals surface area contributed by atoms with Crippen molar-refractivity contribution in [1.29, 1.82) is 0 Å². The van der Waals surface area contributed by atoms with Gasteiger partial charge in [-0.15, -0.1) is 0 Å². The van der Waals surface area contributed by atoms with Crippen LogP contribution in [0.5, 0.6) is 0 Å². The normalized spacial score (nSPS) is 24.7. The summed E-state index contributed by atoms with van der Waals surface area (Å²) in [5, 5.41) is 3.02. The molecule has 3 aliphatic carbocycles. The molecule has 4 fully saturated rings. The molecule has 1 saturated heterocycles. The zero-order valence-electron chi connectivity index (χ0n) is 21.7. The molecule has 3 heterocycles. The Labute approximate surface area is 238 Å². The third-order valence-electron chi connectivity index (χ3n) is 9.88. The maximum absolute atomic E-state index is 13.4. The second-order valence-electron chi connectivity index (χ2n) is 12.2. The minimum atomic E-state index is -3.36. The van der Waals surface area contributed by atoms with Crippen molar-refractivity contribution in [3.05, 3.63) is 35.5 Å². The predicted molar refractivity (Wildman–Crippen MR) is 155 cm³/mol. The first-order valence-corrected chi connectivity index (χ1v) is 16.5. The van der Waals surface area contributed by atoms with E-state index in [-0.39, 0.29) is 22.6 Å². The van der Waals surface area contributed by atoms with Gasteiger partial charge in [0.05, 0.1) is 15.6 Å². The number of nitrogens with one attached hydrogen (secondary N) is 1. The van der Waals surface area contributed by atoms with Crippen molar-refractivity contribution in [2.45, 2.75) is 92.7 Å². The predicted octanol–water partition coefficient (Wildman–Crippen LogP) is 5.22. The van der Waals surface area contributed by atoms with Crippen molar-refractivity contribution in [3.8, 4) is 0 Å². The van der Waals surface area contributed by atoms with E-state index in [1.165, 1.54) is 0 Å². The van der Waals surface area contributed by atoms with Crippen LogP contribution in [-0.4, -0.2) is 51.8 Å². The van der Waals surface area contributed by atoms with Crippen LogP contribution in [0.2, 0.25) is 0 Å². The summed E-state index contributed by atoms with van der Waals surface area (Å²) in [4.78, 5) is 25.1. The average molecular weight is 648 g/mol. The van der Waals surface area contributed by atoms with Crippen molar-refractivity contribution in [3.63, 3.8) is 0 Å². The van der Waals surface area contributed by atoms with Gasteiger partial charge in [0.1, 0.15) is 5.82 Å². The standard InChI is InChI=1S/C28H34IN5O3S/c1-18-14-20(38(36,37)21-15-27(16-21)10-12-33(29)13-11-27)6-7-23(18)31-26-30-17-22-24(32-26)34(19-4-2-3-5-19)25(35)28(22)8-9-28/h6-7,14,17,19,21H,2-5,8-13,15-16H2,1H3,(H,30,31,32). The molecular weight excluding hydrogens is 613 g/mol. The maximum atomic E-state index is 13.4. The number of aromatic nitrogens is 2. The van der Waals surface area contributed by atoms with Crippen LogP contribution in [-0.2, 0) is 20.0 Å². The van der Waals surface area contributed by atoms with Gasteiger partial charge in [-0.1, -0.05) is 12.8 Å². The molecule has 2 aliphatic heterocycles. The van der Waals surface area contributed by atoms with Crippen LogP contribution in [0.15, 0.2) is 29.3 Å². The number of benzene rings is 1. The van der Waals surface area contributed by atoms with Gasteiger partial charge in [0.2, 0.25) is 11.9 Å². The number of carbonyl (C=O) groups is 1. The molecule has 1 N–H and O–H groups in total. The summed E-state index contributed by atoms with van der Waals surface area (Å²) >= 11 is 2.37. The summed E-state index contributed by atoms with van der Waals surface area (Å²) in [5.74, 6) is 1.41. The summed E-state index contributed by atoms with van der Waals surface area (Å²) in [5.41, 5.74) is 2.41. The highest BCUT2D eigenvalue weighted by atomic mass is 127. The lowest BCUT2D eigenvalue weighted by atomic mass is 9.63. The molecule has 1 amide bonds. The van der Waals surface area contributed by atoms with E-state index in [9.17, 15) is 13.2 Å². The summed E-state index contributed by atoms with van der Waals surface area (Å²) < 4.78 is 29.1. The quantitative estimate of drug-likeness (QED) is 0.352. The highest BCUT2D eigenvalue weighted by molar-refractivity contribution is 14.1. The van der Waals surface area contributed by atoms with E-state index in [1.54, 1.807) is 12.1 Å². The Morgan fingerprint density at radius 3 is 2.45 bits per heavy atom. The van der Waals surface area contributed by atoms with Gasteiger partial charge in [-0.25, -0.2) is 16.5 Å². The van der Waals surface area contributed by atoms with Crippen molar-refractivity contribution in [2.24, 2.45) is 5.41 Å². The first kappa shape index (κ1) is 25.2. The number of sulfone groups is 1. The first-order valence-electron chi connectivity index (χ1n) is 13.9. The fourth-order valence-corrected chi connectivity index (χ4v) is 9.87. The van der Waals surface area contributed by atoms with Crippen LogP contribution in [0.1, 0.15) is 75.3 Å². The minimum Gasteiger partial charge on any atom is -0.324 e. The van der Waals surface area contributed by atoms with E-state index in [0.29, 0.717) is 10.8 Å². The number of aryl methyl sites for hydroxylation is 1. The zero-order chi connectivity index (χ0) is 26.3. The van der Waals surface area contributed by atoms with Gasteiger partial charge in [-0.2, -0.15) is 4.98 Å². The van der Waals surface area contributed by atoms with Gasteiger partial charge >= 0.3 is 0 Å². The number of amides is 1. The summed E-state index contributed by atoms with van der Waals surface area (Å²) in [6.45, 7) is 4.01. The summed E-state index contributed by atoms with van der Waals surface area (Å²) in [6, 6.07) is 5.54. The first-order chi connectivity index (χ1) is 18.2. The molecule has 0 bridgehead atoms. The molecule has 0 atom stereocenters. The second kappa shape index (κ2) is 8.86. The lowest BCUT2D eigenvalue weighted by Crippen LogP contribution is -2.49. The molecule has 2 spiro atoms. The molecule has 202 valence electrons. The van der Waals surface area contributed by atoms with Crippen LogP contribution in [0, 0.1) is 12.3 Å². The van der Waals surface area contributed by atoms with E-state index in [4.69, 9.17) is 4.98 Å². The summed E-state index contributed by atoms with van der Waals surface area (Å²) in [7, 11) is -3.36. The van der Waals surface area contributed by atoms with E-state index in [0.717, 1.165) is 99.9 Å². The van der Waals surface area contributed by atoms with Gasteiger partial charge in [0, 0.05) is 59.4 Å². The smallest absolute Gasteiger partial charge is 0.239 e. The molecule has 7 rings (SSSR count). The number of hydrogen-bond acceptors (Lipinski definition) is 7. The number of nitrogens with zero attached hydrogens (tertiary/aromatic N) is 4. The molecule has 3 saturated carbocycles. The van der Waals surface area contributed by atoms with Gasteiger partial charge in [0.25, 0.3) is 0 Å². The molecule has 5 aliphatic rings. The minimum absolute atomic E-state index is 0.203. The molecular formula is C28H34IN5O3S. The summed E-state index contributed by atoms with van der Waals surface area (Å²) in [6.07, 6.45) is 11.7. The molecule has 0 radical (unpaired) electrons. The topological polar surface area (TPSA) is 95.5 Å². The lowest BCUT2D eigenvalue weighted by Gasteiger charge is -2.50. The Morgan fingerprint density at radius 2 is 1.79 bits per heavy atom.